The summed E-state index contributed by atoms with van der Waals surface area (Å²) in [6.45, 7) is 2.64. The van der Waals surface area contributed by atoms with E-state index in [0.29, 0.717) is 12.1 Å². The van der Waals surface area contributed by atoms with Gasteiger partial charge in [0, 0.05) is 28.5 Å². The number of aromatic nitrogens is 1. The topological polar surface area (TPSA) is 33.2 Å². The highest BCUT2D eigenvalue weighted by Gasteiger charge is 2.08. The van der Waals surface area contributed by atoms with Crippen LogP contribution in [0.5, 0.6) is 0 Å². The van der Waals surface area contributed by atoms with Crippen molar-refractivity contribution in [3.8, 4) is 0 Å². The molecule has 0 bridgehead atoms. The van der Waals surface area contributed by atoms with Crippen LogP contribution < -0.4 is 4.90 Å². The van der Waals surface area contributed by atoms with E-state index in [2.05, 4.69) is 20.9 Å². The van der Waals surface area contributed by atoms with Crippen molar-refractivity contribution >= 4 is 27.9 Å². The molecule has 19 heavy (non-hydrogen) atoms. The maximum Gasteiger partial charge on any atom is 0.152 e. The highest BCUT2D eigenvalue weighted by atomic mass is 79.9. The predicted octanol–water partition coefficient (Wildman–Crippen LogP) is 3.60. The molecule has 3 nitrogen and oxygen atoms in total. The Morgan fingerprint density at radius 3 is 2.79 bits per heavy atom. The third-order valence-corrected chi connectivity index (χ3v) is 3.37. The first-order valence-electron chi connectivity index (χ1n) is 5.98. The molecule has 0 radical (unpaired) electrons. The number of pyridine rings is 1. The summed E-state index contributed by atoms with van der Waals surface area (Å²) in [7, 11) is 1.96. The Labute approximate surface area is 121 Å². The number of nitrogens with zero attached hydrogens (tertiary/aromatic N) is 2. The van der Waals surface area contributed by atoms with E-state index in [-0.39, 0.29) is 0 Å². The van der Waals surface area contributed by atoms with E-state index in [1.807, 2.05) is 55.3 Å². The molecule has 0 N–H and O–H groups in total. The lowest BCUT2D eigenvalue weighted by molar-refractivity contribution is 0.112. The summed E-state index contributed by atoms with van der Waals surface area (Å²) in [6, 6.07) is 11.6. The van der Waals surface area contributed by atoms with Gasteiger partial charge in [-0.1, -0.05) is 22.0 Å². The standard InChI is InChI=1S/C15H15BrN2O/c1-11-4-3-5-14(17-11)9-18(2)15-7-6-13(16)8-12(15)10-19/h3-8,10H,9H2,1-2H3. The first kappa shape index (κ1) is 13.7. The van der Waals surface area contributed by atoms with Crippen molar-refractivity contribution < 1.29 is 4.79 Å². The lowest BCUT2D eigenvalue weighted by Gasteiger charge is -2.20. The van der Waals surface area contributed by atoms with Gasteiger partial charge >= 0.3 is 0 Å². The molecule has 1 aromatic carbocycles. The van der Waals surface area contributed by atoms with Crippen molar-refractivity contribution in [2.45, 2.75) is 13.5 Å². The number of hydrogen-bond acceptors (Lipinski definition) is 3. The fourth-order valence-electron chi connectivity index (χ4n) is 1.98. The number of anilines is 1. The van der Waals surface area contributed by atoms with Crippen LogP contribution in [0.15, 0.2) is 40.9 Å². The Hall–Kier alpha value is -1.68. The first-order chi connectivity index (χ1) is 9.10. The molecule has 0 saturated heterocycles. The smallest absolute Gasteiger partial charge is 0.152 e. The van der Waals surface area contributed by atoms with E-state index < -0.39 is 0 Å². The highest BCUT2D eigenvalue weighted by molar-refractivity contribution is 9.10. The van der Waals surface area contributed by atoms with Gasteiger partial charge in [0.2, 0.25) is 0 Å². The molecule has 0 amide bonds. The summed E-state index contributed by atoms with van der Waals surface area (Å²) >= 11 is 3.37. The van der Waals surface area contributed by atoms with Crippen molar-refractivity contribution in [1.82, 2.24) is 4.98 Å². The van der Waals surface area contributed by atoms with E-state index in [1.54, 1.807) is 0 Å². The van der Waals surface area contributed by atoms with Gasteiger partial charge in [0.1, 0.15) is 0 Å². The molecule has 0 fully saturated rings. The minimum absolute atomic E-state index is 0.671. The number of benzene rings is 1. The summed E-state index contributed by atoms with van der Waals surface area (Å²) in [6.07, 6.45) is 0.875. The SMILES string of the molecule is Cc1cccc(CN(C)c2ccc(Br)cc2C=O)n1. The van der Waals surface area contributed by atoms with Gasteiger partial charge in [-0.3, -0.25) is 9.78 Å². The van der Waals surface area contributed by atoms with Gasteiger partial charge < -0.3 is 4.90 Å². The second-order valence-corrected chi connectivity index (χ2v) is 5.36. The predicted molar refractivity (Wildman–Crippen MR) is 80.6 cm³/mol. The molecule has 1 heterocycles. The van der Waals surface area contributed by atoms with Crippen LogP contribution in [0.3, 0.4) is 0 Å². The molecule has 2 rings (SSSR count). The minimum atomic E-state index is 0.671. The minimum Gasteiger partial charge on any atom is -0.368 e. The van der Waals surface area contributed by atoms with Gasteiger partial charge in [0.25, 0.3) is 0 Å². The zero-order chi connectivity index (χ0) is 13.8. The molecule has 0 unspecified atom stereocenters. The van der Waals surface area contributed by atoms with Gasteiger partial charge in [-0.15, -0.1) is 0 Å². The van der Waals surface area contributed by atoms with Gasteiger partial charge in [0.05, 0.1) is 12.2 Å². The number of aldehydes is 1. The van der Waals surface area contributed by atoms with Crippen LogP contribution in [0.2, 0.25) is 0 Å². The summed E-state index contributed by atoms with van der Waals surface area (Å²) in [5, 5.41) is 0. The van der Waals surface area contributed by atoms with Crippen LogP contribution in [0.25, 0.3) is 0 Å². The molecule has 0 aliphatic rings. The summed E-state index contributed by atoms with van der Waals surface area (Å²) in [5.74, 6) is 0. The fraction of sp³-hybridized carbons (Fsp3) is 0.200. The third-order valence-electron chi connectivity index (χ3n) is 2.87. The monoisotopic (exact) mass is 318 g/mol. The maximum atomic E-state index is 11.1. The van der Waals surface area contributed by atoms with Gasteiger partial charge in [-0.05, 0) is 37.3 Å². The first-order valence-corrected chi connectivity index (χ1v) is 6.78. The Morgan fingerprint density at radius 2 is 2.11 bits per heavy atom. The summed E-state index contributed by atoms with van der Waals surface area (Å²) < 4.78 is 0.903. The Kier molecular flexibility index (Phi) is 4.32. The van der Waals surface area contributed by atoms with E-state index >= 15 is 0 Å². The average molecular weight is 319 g/mol. The average Bonchev–Trinajstić information content (AvgIpc) is 2.38. The largest absolute Gasteiger partial charge is 0.368 e. The van der Waals surface area contributed by atoms with Crippen LogP contribution in [0.4, 0.5) is 5.69 Å². The van der Waals surface area contributed by atoms with Crippen LogP contribution in [0, 0.1) is 6.92 Å². The lowest BCUT2D eigenvalue weighted by Crippen LogP contribution is -2.18. The number of aryl methyl sites for hydroxylation is 1. The molecule has 0 spiro atoms. The molecule has 2 aromatic rings. The van der Waals surface area contributed by atoms with Gasteiger partial charge in [-0.2, -0.15) is 0 Å². The zero-order valence-electron chi connectivity index (χ0n) is 10.9. The van der Waals surface area contributed by atoms with E-state index in [4.69, 9.17) is 0 Å². The summed E-state index contributed by atoms with van der Waals surface area (Å²) in [4.78, 5) is 17.6. The molecular formula is C15H15BrN2O. The van der Waals surface area contributed by atoms with Crippen molar-refractivity contribution in [3.63, 3.8) is 0 Å². The molecule has 0 atom stereocenters. The summed E-state index contributed by atoms with van der Waals surface area (Å²) in [5.41, 5.74) is 3.56. The number of halogens is 1. The zero-order valence-corrected chi connectivity index (χ0v) is 12.5. The maximum absolute atomic E-state index is 11.1. The lowest BCUT2D eigenvalue weighted by atomic mass is 10.1. The van der Waals surface area contributed by atoms with Crippen LogP contribution >= 0.6 is 15.9 Å². The van der Waals surface area contributed by atoms with Crippen molar-refractivity contribution in [1.29, 1.82) is 0 Å². The van der Waals surface area contributed by atoms with E-state index in [9.17, 15) is 4.79 Å². The van der Waals surface area contributed by atoms with Crippen molar-refractivity contribution in [2.24, 2.45) is 0 Å². The number of hydrogen-bond donors (Lipinski definition) is 0. The fourth-order valence-corrected chi connectivity index (χ4v) is 2.36. The van der Waals surface area contributed by atoms with E-state index in [1.165, 1.54) is 0 Å². The molecule has 98 valence electrons. The molecule has 4 heteroatoms. The van der Waals surface area contributed by atoms with Crippen LogP contribution in [-0.4, -0.2) is 18.3 Å². The Morgan fingerprint density at radius 1 is 1.32 bits per heavy atom. The van der Waals surface area contributed by atoms with Crippen LogP contribution in [-0.2, 0) is 6.54 Å². The quantitative estimate of drug-likeness (QED) is 0.807. The van der Waals surface area contributed by atoms with Crippen LogP contribution in [0.1, 0.15) is 21.7 Å². The molecule has 0 saturated carbocycles. The third kappa shape index (κ3) is 3.41. The Balaban J connectivity index is 2.24. The molecular weight excluding hydrogens is 304 g/mol. The van der Waals surface area contributed by atoms with Gasteiger partial charge in [0.15, 0.2) is 6.29 Å². The van der Waals surface area contributed by atoms with Crippen molar-refractivity contribution in [3.05, 3.63) is 57.8 Å². The van der Waals surface area contributed by atoms with Crippen molar-refractivity contribution in [2.75, 3.05) is 11.9 Å². The number of carbonyl (C=O) groups is 1. The van der Waals surface area contributed by atoms with Gasteiger partial charge in [-0.25, -0.2) is 0 Å². The number of carbonyl (C=O) groups excluding carboxylic acids is 1. The second kappa shape index (κ2) is 5.97. The highest BCUT2D eigenvalue weighted by Crippen LogP contribution is 2.23. The Bertz CT molecular complexity index is 598. The molecule has 0 aliphatic carbocycles. The van der Waals surface area contributed by atoms with E-state index in [0.717, 1.165) is 27.8 Å². The molecule has 1 aromatic heterocycles. The second-order valence-electron chi connectivity index (χ2n) is 4.45. The molecule has 0 aliphatic heterocycles. The normalized spacial score (nSPS) is 10.3. The number of rotatable bonds is 4.